The van der Waals surface area contributed by atoms with Crippen LogP contribution in [-0.2, 0) is 11.3 Å². The van der Waals surface area contributed by atoms with Crippen molar-refractivity contribution in [3.05, 3.63) is 41.2 Å². The Hall–Kier alpha value is -2.34. The number of aromatic nitrogens is 1. The number of fused-ring (bicyclic) bond motifs is 1. The first-order valence-corrected chi connectivity index (χ1v) is 7.24. The molecule has 2 N–H and O–H groups in total. The quantitative estimate of drug-likeness (QED) is 0.850. The summed E-state index contributed by atoms with van der Waals surface area (Å²) in [6.45, 7) is 0.992. The molecule has 0 bridgehead atoms. The van der Waals surface area contributed by atoms with Crippen LogP contribution in [0.4, 0.5) is 4.79 Å². The number of carboxylic acid groups (broad SMARTS) is 1. The summed E-state index contributed by atoms with van der Waals surface area (Å²) in [5.74, 6) is -0.185. The van der Waals surface area contributed by atoms with Crippen molar-refractivity contribution in [2.45, 2.75) is 19.0 Å². The minimum Gasteiger partial charge on any atom is -0.465 e. The standard InChI is InChI=1S/C15H14ClN3O3/c16-13-11-2-1-9(7-10(11)3-5-17-13)8-19-6-4-12(14(19)20)18-15(21)22/h1-3,5,7,12,18H,4,6,8H2,(H,21,22)/t12-/m0/s1. The molecule has 0 radical (unpaired) electrons. The van der Waals surface area contributed by atoms with Gasteiger partial charge in [-0.15, -0.1) is 0 Å². The van der Waals surface area contributed by atoms with Crippen molar-refractivity contribution in [3.8, 4) is 0 Å². The van der Waals surface area contributed by atoms with E-state index in [2.05, 4.69) is 10.3 Å². The predicted molar refractivity (Wildman–Crippen MR) is 81.7 cm³/mol. The van der Waals surface area contributed by atoms with Gasteiger partial charge in [-0.1, -0.05) is 23.7 Å². The van der Waals surface area contributed by atoms with Gasteiger partial charge in [-0.2, -0.15) is 0 Å². The summed E-state index contributed by atoms with van der Waals surface area (Å²) in [5.41, 5.74) is 0.971. The van der Waals surface area contributed by atoms with Gasteiger partial charge in [0.2, 0.25) is 5.91 Å². The van der Waals surface area contributed by atoms with Crippen molar-refractivity contribution in [1.82, 2.24) is 15.2 Å². The number of likely N-dealkylation sites (tertiary alicyclic amines) is 1. The second-order valence-electron chi connectivity index (χ2n) is 5.21. The molecule has 1 atom stereocenters. The highest BCUT2D eigenvalue weighted by atomic mass is 35.5. The van der Waals surface area contributed by atoms with Gasteiger partial charge in [-0.25, -0.2) is 9.78 Å². The Morgan fingerprint density at radius 3 is 3.05 bits per heavy atom. The molecule has 0 saturated carbocycles. The monoisotopic (exact) mass is 319 g/mol. The summed E-state index contributed by atoms with van der Waals surface area (Å²) in [6.07, 6.45) is 0.963. The van der Waals surface area contributed by atoms with Crippen molar-refractivity contribution < 1.29 is 14.7 Å². The lowest BCUT2D eigenvalue weighted by Crippen LogP contribution is -2.40. The minimum absolute atomic E-state index is 0.185. The highest BCUT2D eigenvalue weighted by Crippen LogP contribution is 2.23. The fraction of sp³-hybridized carbons (Fsp3) is 0.267. The molecule has 1 aliphatic rings. The number of amides is 2. The van der Waals surface area contributed by atoms with Crippen molar-refractivity contribution in [3.63, 3.8) is 0 Å². The van der Waals surface area contributed by atoms with Crippen LogP contribution < -0.4 is 5.32 Å². The SMILES string of the molecule is O=C(O)N[C@H]1CCN(Cc2ccc3c(Cl)nccc3c2)C1=O. The summed E-state index contributed by atoms with van der Waals surface area (Å²) in [5, 5.41) is 13.2. The fourth-order valence-electron chi connectivity index (χ4n) is 2.69. The summed E-state index contributed by atoms with van der Waals surface area (Å²) < 4.78 is 0. The van der Waals surface area contributed by atoms with Crippen molar-refractivity contribution in [2.75, 3.05) is 6.54 Å². The highest BCUT2D eigenvalue weighted by molar-refractivity contribution is 6.34. The van der Waals surface area contributed by atoms with E-state index < -0.39 is 12.1 Å². The van der Waals surface area contributed by atoms with E-state index in [0.29, 0.717) is 24.7 Å². The molecule has 0 aliphatic carbocycles. The van der Waals surface area contributed by atoms with E-state index in [9.17, 15) is 9.59 Å². The summed E-state index contributed by atoms with van der Waals surface area (Å²) in [4.78, 5) is 28.5. The molecule has 2 amide bonds. The maximum atomic E-state index is 12.1. The van der Waals surface area contributed by atoms with Crippen LogP contribution in [0.25, 0.3) is 10.8 Å². The van der Waals surface area contributed by atoms with Gasteiger partial charge >= 0.3 is 6.09 Å². The molecule has 0 spiro atoms. The van der Waals surface area contributed by atoms with Crippen LogP contribution in [0, 0.1) is 0 Å². The molecule has 2 aromatic rings. The van der Waals surface area contributed by atoms with Gasteiger partial charge in [0.1, 0.15) is 11.2 Å². The summed E-state index contributed by atoms with van der Waals surface area (Å²) in [7, 11) is 0. The topological polar surface area (TPSA) is 82.5 Å². The predicted octanol–water partition coefficient (Wildman–Crippen LogP) is 2.26. The number of nitrogens with zero attached hydrogens (tertiary/aromatic N) is 2. The third kappa shape index (κ3) is 2.82. The maximum absolute atomic E-state index is 12.1. The first-order valence-electron chi connectivity index (χ1n) is 6.86. The Morgan fingerprint density at radius 1 is 1.45 bits per heavy atom. The molecule has 22 heavy (non-hydrogen) atoms. The fourth-order valence-corrected chi connectivity index (χ4v) is 2.92. The van der Waals surface area contributed by atoms with Gasteiger partial charge in [0.25, 0.3) is 0 Å². The average Bonchev–Trinajstić information content (AvgIpc) is 2.80. The number of nitrogens with one attached hydrogen (secondary N) is 1. The normalized spacial score (nSPS) is 18.0. The second-order valence-corrected chi connectivity index (χ2v) is 5.57. The van der Waals surface area contributed by atoms with E-state index in [1.807, 2.05) is 24.3 Å². The van der Waals surface area contributed by atoms with E-state index in [-0.39, 0.29) is 5.91 Å². The first kappa shape index (κ1) is 14.6. The van der Waals surface area contributed by atoms with Gasteiger partial charge in [-0.3, -0.25) is 4.79 Å². The number of rotatable bonds is 3. The van der Waals surface area contributed by atoms with E-state index in [1.165, 1.54) is 0 Å². The van der Waals surface area contributed by atoms with Crippen LogP contribution >= 0.6 is 11.6 Å². The molecule has 1 fully saturated rings. The van der Waals surface area contributed by atoms with Crippen molar-refractivity contribution in [1.29, 1.82) is 0 Å². The van der Waals surface area contributed by atoms with Crippen molar-refractivity contribution in [2.24, 2.45) is 0 Å². The van der Waals surface area contributed by atoms with E-state index in [1.54, 1.807) is 11.1 Å². The Balaban J connectivity index is 1.76. The Kier molecular flexibility index (Phi) is 3.85. The smallest absolute Gasteiger partial charge is 0.405 e. The lowest BCUT2D eigenvalue weighted by Gasteiger charge is -2.17. The average molecular weight is 320 g/mol. The highest BCUT2D eigenvalue weighted by Gasteiger charge is 2.32. The van der Waals surface area contributed by atoms with Gasteiger partial charge in [0.05, 0.1) is 0 Å². The van der Waals surface area contributed by atoms with Crippen LogP contribution in [-0.4, -0.2) is 39.6 Å². The molecule has 3 rings (SSSR count). The molecule has 0 unspecified atom stereocenters. The molecular formula is C15H14ClN3O3. The number of benzene rings is 1. The summed E-state index contributed by atoms with van der Waals surface area (Å²) >= 11 is 6.03. The van der Waals surface area contributed by atoms with Crippen LogP contribution in [0.1, 0.15) is 12.0 Å². The number of halogens is 1. The van der Waals surface area contributed by atoms with E-state index in [4.69, 9.17) is 16.7 Å². The Bertz CT molecular complexity index is 750. The molecule has 1 aliphatic heterocycles. The molecule has 1 saturated heterocycles. The molecule has 6 nitrogen and oxygen atoms in total. The van der Waals surface area contributed by atoms with Gasteiger partial charge in [0.15, 0.2) is 0 Å². The number of pyridine rings is 1. The molecule has 1 aromatic heterocycles. The first-order chi connectivity index (χ1) is 10.5. The summed E-state index contributed by atoms with van der Waals surface area (Å²) in [6, 6.07) is 6.98. The molecule has 1 aromatic carbocycles. The van der Waals surface area contributed by atoms with Gasteiger partial charge in [-0.05, 0) is 29.5 Å². The zero-order valence-electron chi connectivity index (χ0n) is 11.6. The Labute approximate surface area is 131 Å². The van der Waals surface area contributed by atoms with Gasteiger partial charge < -0.3 is 15.3 Å². The van der Waals surface area contributed by atoms with Crippen molar-refractivity contribution >= 4 is 34.4 Å². The van der Waals surface area contributed by atoms with Crippen LogP contribution in [0.3, 0.4) is 0 Å². The number of hydrogen-bond acceptors (Lipinski definition) is 3. The van der Waals surface area contributed by atoms with E-state index in [0.717, 1.165) is 16.3 Å². The van der Waals surface area contributed by atoms with Gasteiger partial charge in [0, 0.05) is 24.7 Å². The molecule has 114 valence electrons. The molecule has 2 heterocycles. The zero-order valence-corrected chi connectivity index (χ0v) is 12.4. The Morgan fingerprint density at radius 2 is 2.27 bits per heavy atom. The molecule has 7 heteroatoms. The van der Waals surface area contributed by atoms with Crippen LogP contribution in [0.15, 0.2) is 30.5 Å². The van der Waals surface area contributed by atoms with E-state index >= 15 is 0 Å². The number of carbonyl (C=O) groups excluding carboxylic acids is 1. The number of hydrogen-bond donors (Lipinski definition) is 2. The third-order valence-electron chi connectivity index (χ3n) is 3.75. The maximum Gasteiger partial charge on any atom is 0.405 e. The minimum atomic E-state index is -1.17. The van der Waals surface area contributed by atoms with Crippen LogP contribution in [0.2, 0.25) is 5.15 Å². The van der Waals surface area contributed by atoms with Crippen LogP contribution in [0.5, 0.6) is 0 Å². The third-order valence-corrected chi connectivity index (χ3v) is 4.05. The largest absolute Gasteiger partial charge is 0.465 e. The molecular weight excluding hydrogens is 306 g/mol. The lowest BCUT2D eigenvalue weighted by molar-refractivity contribution is -0.129. The zero-order chi connectivity index (χ0) is 15.7. The number of carbonyl (C=O) groups is 2. The second kappa shape index (κ2) is 5.81. The lowest BCUT2D eigenvalue weighted by atomic mass is 10.1.